The maximum absolute atomic E-state index is 12.9. The number of amides is 1. The average molecular weight is 384 g/mol. The van der Waals surface area contributed by atoms with Crippen LogP contribution in [0.15, 0.2) is 53.2 Å². The minimum atomic E-state index is -0.291. The van der Waals surface area contributed by atoms with Gasteiger partial charge in [0, 0.05) is 24.5 Å². The smallest absolute Gasteiger partial charge is 0.258 e. The summed E-state index contributed by atoms with van der Waals surface area (Å²) in [6.45, 7) is 2.32. The van der Waals surface area contributed by atoms with E-state index < -0.39 is 0 Å². The van der Waals surface area contributed by atoms with Gasteiger partial charge in [-0.05, 0) is 37.3 Å². The van der Waals surface area contributed by atoms with E-state index in [0.717, 1.165) is 0 Å². The molecule has 0 aliphatic rings. The van der Waals surface area contributed by atoms with Gasteiger partial charge >= 0.3 is 0 Å². The number of ether oxygens (including phenoxy) is 1. The third kappa shape index (κ3) is 3.99. The first-order chi connectivity index (χ1) is 13.0. The molecule has 0 saturated carbocycles. The van der Waals surface area contributed by atoms with Crippen molar-refractivity contribution >= 4 is 17.5 Å². The Morgan fingerprint density at radius 3 is 2.74 bits per heavy atom. The second-order valence-corrected chi connectivity index (χ2v) is 6.38. The Bertz CT molecular complexity index is 987. The van der Waals surface area contributed by atoms with Crippen LogP contribution in [0.5, 0.6) is 5.75 Å². The van der Waals surface area contributed by atoms with Crippen molar-refractivity contribution in [1.82, 2.24) is 9.47 Å². The molecule has 1 amide bonds. The number of hydrogen-bond donors (Lipinski definition) is 0. The molecule has 0 N–H and O–H groups in total. The topological polar surface area (TPSA) is 71.4 Å². The summed E-state index contributed by atoms with van der Waals surface area (Å²) in [6.07, 6.45) is 3.52. The predicted octanol–water partition coefficient (Wildman–Crippen LogP) is 4.05. The lowest BCUT2D eigenvalue weighted by atomic mass is 10.1. The molecule has 7 heteroatoms. The fourth-order valence-electron chi connectivity index (χ4n) is 2.69. The van der Waals surface area contributed by atoms with E-state index in [0.29, 0.717) is 35.6 Å². The van der Waals surface area contributed by atoms with Gasteiger partial charge in [0.15, 0.2) is 0 Å². The molecule has 2 aromatic heterocycles. The number of carbonyl (C=O) groups excluding carboxylic acids is 1. The standard InChI is InChI=1S/C20H18ClN3O3/c1-14-18(17(13-22)20(27-14)24-8-3-4-9-24)19(25)23(2)10-11-26-16-7-5-6-15(21)12-16/h3-9,12H,10-11H2,1-2H3. The Morgan fingerprint density at radius 2 is 2.07 bits per heavy atom. The van der Waals surface area contributed by atoms with Crippen LogP contribution in [0.4, 0.5) is 0 Å². The van der Waals surface area contributed by atoms with Crippen molar-refractivity contribution in [2.75, 3.05) is 20.2 Å². The number of nitrogens with zero attached hydrogens (tertiary/aromatic N) is 3. The highest BCUT2D eigenvalue weighted by molar-refractivity contribution is 6.30. The molecule has 0 radical (unpaired) electrons. The molecule has 0 saturated heterocycles. The lowest BCUT2D eigenvalue weighted by Crippen LogP contribution is -2.31. The van der Waals surface area contributed by atoms with E-state index in [1.165, 1.54) is 4.90 Å². The molecule has 0 atom stereocenters. The van der Waals surface area contributed by atoms with Gasteiger partial charge in [-0.1, -0.05) is 17.7 Å². The zero-order valence-electron chi connectivity index (χ0n) is 15.0. The van der Waals surface area contributed by atoms with E-state index >= 15 is 0 Å². The number of aryl methyl sites for hydroxylation is 1. The molecular weight excluding hydrogens is 366 g/mol. The average Bonchev–Trinajstić information content (AvgIpc) is 3.28. The summed E-state index contributed by atoms with van der Waals surface area (Å²) in [5, 5.41) is 10.1. The van der Waals surface area contributed by atoms with Crippen molar-refractivity contribution < 1.29 is 13.9 Å². The van der Waals surface area contributed by atoms with Crippen molar-refractivity contribution in [2.45, 2.75) is 6.92 Å². The number of hydrogen-bond acceptors (Lipinski definition) is 4. The van der Waals surface area contributed by atoms with E-state index in [1.54, 1.807) is 55.2 Å². The number of rotatable bonds is 6. The van der Waals surface area contributed by atoms with Crippen LogP contribution in [0.3, 0.4) is 0 Å². The van der Waals surface area contributed by atoms with Crippen LogP contribution in [-0.4, -0.2) is 35.6 Å². The fraction of sp³-hybridized carbons (Fsp3) is 0.200. The van der Waals surface area contributed by atoms with Crippen LogP contribution in [-0.2, 0) is 0 Å². The number of furan rings is 1. The van der Waals surface area contributed by atoms with Gasteiger partial charge in [0.05, 0.1) is 6.54 Å². The molecule has 3 rings (SSSR count). The molecule has 0 spiro atoms. The molecular formula is C20H18ClN3O3. The summed E-state index contributed by atoms with van der Waals surface area (Å²) in [5.41, 5.74) is 0.489. The van der Waals surface area contributed by atoms with Crippen LogP contribution in [0, 0.1) is 18.3 Å². The number of carbonyl (C=O) groups is 1. The van der Waals surface area contributed by atoms with Gasteiger partial charge in [-0.15, -0.1) is 0 Å². The van der Waals surface area contributed by atoms with E-state index in [4.69, 9.17) is 20.8 Å². The van der Waals surface area contributed by atoms with Gasteiger partial charge < -0.3 is 14.1 Å². The summed E-state index contributed by atoms with van der Waals surface area (Å²) < 4.78 is 13.0. The van der Waals surface area contributed by atoms with Crippen molar-refractivity contribution in [3.8, 4) is 17.7 Å². The molecule has 1 aromatic carbocycles. The van der Waals surface area contributed by atoms with Crippen LogP contribution >= 0.6 is 11.6 Å². The summed E-state index contributed by atoms with van der Waals surface area (Å²) >= 11 is 5.92. The summed E-state index contributed by atoms with van der Waals surface area (Å²) in [4.78, 5) is 14.4. The van der Waals surface area contributed by atoms with Gasteiger partial charge in [-0.2, -0.15) is 5.26 Å². The second kappa shape index (κ2) is 8.02. The largest absolute Gasteiger partial charge is 0.492 e. The van der Waals surface area contributed by atoms with Crippen molar-refractivity contribution in [3.63, 3.8) is 0 Å². The molecule has 0 aliphatic heterocycles. The number of likely N-dealkylation sites (N-methyl/N-ethyl adjacent to an activating group) is 1. The van der Waals surface area contributed by atoms with E-state index in [-0.39, 0.29) is 17.0 Å². The van der Waals surface area contributed by atoms with Gasteiger partial charge in [0.25, 0.3) is 5.91 Å². The van der Waals surface area contributed by atoms with Crippen LogP contribution in [0.1, 0.15) is 21.7 Å². The first-order valence-corrected chi connectivity index (χ1v) is 8.69. The molecule has 27 heavy (non-hydrogen) atoms. The summed E-state index contributed by atoms with van der Waals surface area (Å²) in [5.74, 6) is 1.09. The zero-order chi connectivity index (χ0) is 19.4. The highest BCUT2D eigenvalue weighted by Crippen LogP contribution is 2.26. The predicted molar refractivity (Wildman–Crippen MR) is 101 cm³/mol. The van der Waals surface area contributed by atoms with E-state index in [9.17, 15) is 10.1 Å². The SMILES string of the molecule is Cc1oc(-n2cccc2)c(C#N)c1C(=O)N(C)CCOc1cccc(Cl)c1. The Hall–Kier alpha value is -3.17. The Balaban J connectivity index is 1.72. The maximum Gasteiger partial charge on any atom is 0.258 e. The number of aromatic nitrogens is 1. The minimum Gasteiger partial charge on any atom is -0.492 e. The summed E-state index contributed by atoms with van der Waals surface area (Å²) in [6, 6.07) is 12.8. The molecule has 2 heterocycles. The van der Waals surface area contributed by atoms with Crippen LogP contribution < -0.4 is 4.74 Å². The summed E-state index contributed by atoms with van der Waals surface area (Å²) in [7, 11) is 1.66. The third-order valence-electron chi connectivity index (χ3n) is 4.07. The van der Waals surface area contributed by atoms with E-state index in [1.807, 2.05) is 12.1 Å². The Labute approximate surface area is 162 Å². The van der Waals surface area contributed by atoms with Gasteiger partial charge in [-0.3, -0.25) is 9.36 Å². The van der Waals surface area contributed by atoms with E-state index in [2.05, 4.69) is 6.07 Å². The monoisotopic (exact) mass is 383 g/mol. The van der Waals surface area contributed by atoms with Gasteiger partial charge in [-0.25, -0.2) is 0 Å². The molecule has 6 nitrogen and oxygen atoms in total. The van der Waals surface area contributed by atoms with Crippen LogP contribution in [0.25, 0.3) is 5.88 Å². The maximum atomic E-state index is 12.9. The molecule has 0 fully saturated rings. The lowest BCUT2D eigenvalue weighted by molar-refractivity contribution is 0.0771. The van der Waals surface area contributed by atoms with Crippen LogP contribution in [0.2, 0.25) is 5.02 Å². The Kier molecular flexibility index (Phi) is 5.53. The normalized spacial score (nSPS) is 10.4. The molecule has 0 unspecified atom stereocenters. The molecule has 0 aliphatic carbocycles. The molecule has 3 aromatic rings. The Morgan fingerprint density at radius 1 is 1.33 bits per heavy atom. The highest BCUT2D eigenvalue weighted by atomic mass is 35.5. The zero-order valence-corrected chi connectivity index (χ0v) is 15.7. The molecule has 0 bridgehead atoms. The van der Waals surface area contributed by atoms with Gasteiger partial charge in [0.2, 0.25) is 5.88 Å². The van der Waals surface area contributed by atoms with Gasteiger partial charge in [0.1, 0.15) is 35.3 Å². The number of nitriles is 1. The fourth-order valence-corrected chi connectivity index (χ4v) is 2.87. The lowest BCUT2D eigenvalue weighted by Gasteiger charge is -2.17. The first-order valence-electron chi connectivity index (χ1n) is 8.32. The third-order valence-corrected chi connectivity index (χ3v) is 4.30. The quantitative estimate of drug-likeness (QED) is 0.643. The van der Waals surface area contributed by atoms with Crippen molar-refractivity contribution in [2.24, 2.45) is 0 Å². The number of benzene rings is 1. The van der Waals surface area contributed by atoms with Crippen molar-refractivity contribution in [3.05, 3.63) is 70.7 Å². The molecule has 138 valence electrons. The second-order valence-electron chi connectivity index (χ2n) is 5.95. The van der Waals surface area contributed by atoms with Crippen molar-refractivity contribution in [1.29, 1.82) is 5.26 Å². The number of halogens is 1. The minimum absolute atomic E-state index is 0.219. The first kappa shape index (κ1) is 18.6. The highest BCUT2D eigenvalue weighted by Gasteiger charge is 2.26.